The summed E-state index contributed by atoms with van der Waals surface area (Å²) in [5, 5.41) is 22.5. The van der Waals surface area contributed by atoms with Gasteiger partial charge >= 0.3 is 0 Å². The van der Waals surface area contributed by atoms with Crippen molar-refractivity contribution in [1.29, 1.82) is 0 Å². The van der Waals surface area contributed by atoms with E-state index in [-0.39, 0.29) is 13.2 Å². The van der Waals surface area contributed by atoms with E-state index >= 15 is 0 Å². The van der Waals surface area contributed by atoms with Crippen LogP contribution in [0.5, 0.6) is 0 Å². The van der Waals surface area contributed by atoms with Crippen molar-refractivity contribution in [3.05, 3.63) is 36.1 Å². The first-order chi connectivity index (χ1) is 8.18. The molecule has 0 unspecified atom stereocenters. The van der Waals surface area contributed by atoms with Gasteiger partial charge in [-0.25, -0.2) is 0 Å². The average molecular weight is 235 g/mol. The maximum absolute atomic E-state index is 9.18. The molecule has 2 aromatic rings. The minimum Gasteiger partial charge on any atom is -0.464 e. The summed E-state index contributed by atoms with van der Waals surface area (Å²) in [7, 11) is 0. The first kappa shape index (κ1) is 12.1. The van der Waals surface area contributed by atoms with Gasteiger partial charge in [0.1, 0.15) is 5.58 Å². The quantitative estimate of drug-likeness (QED) is 0.730. The van der Waals surface area contributed by atoms with Crippen molar-refractivity contribution >= 4 is 11.0 Å². The Kier molecular flexibility index (Phi) is 3.47. The Balaban J connectivity index is 2.14. The highest BCUT2D eigenvalue weighted by atomic mass is 16.3. The lowest BCUT2D eigenvalue weighted by molar-refractivity contribution is 0.103. The minimum atomic E-state index is -0.668. The minimum absolute atomic E-state index is 0.112. The molecule has 0 spiro atoms. The van der Waals surface area contributed by atoms with Gasteiger partial charge in [0.25, 0.3) is 0 Å². The second-order valence-corrected chi connectivity index (χ2v) is 4.49. The molecule has 0 aliphatic heterocycles. The molecule has 1 heterocycles. The smallest absolute Gasteiger partial charge is 0.134 e. The van der Waals surface area contributed by atoms with Crippen molar-refractivity contribution in [3.63, 3.8) is 0 Å². The van der Waals surface area contributed by atoms with Crippen LogP contribution in [0.2, 0.25) is 0 Å². The molecule has 17 heavy (non-hydrogen) atoms. The van der Waals surface area contributed by atoms with Crippen LogP contribution < -0.4 is 5.32 Å². The first-order valence-corrected chi connectivity index (χ1v) is 5.60. The van der Waals surface area contributed by atoms with Gasteiger partial charge in [-0.05, 0) is 13.0 Å². The number of aliphatic hydroxyl groups is 2. The Bertz CT molecular complexity index is 488. The molecule has 1 aromatic heterocycles. The van der Waals surface area contributed by atoms with Crippen LogP contribution in [0.1, 0.15) is 12.5 Å². The predicted octanol–water partition coefficient (Wildman–Crippen LogP) is 1.27. The summed E-state index contributed by atoms with van der Waals surface area (Å²) in [5.41, 5.74) is 1.20. The molecule has 0 radical (unpaired) electrons. The van der Waals surface area contributed by atoms with E-state index in [9.17, 15) is 10.2 Å². The second-order valence-electron chi connectivity index (χ2n) is 4.49. The summed E-state index contributed by atoms with van der Waals surface area (Å²) in [6, 6.07) is 7.79. The van der Waals surface area contributed by atoms with Crippen molar-refractivity contribution in [1.82, 2.24) is 5.32 Å². The summed E-state index contributed by atoms with van der Waals surface area (Å²) in [6.45, 7) is 2.10. The monoisotopic (exact) mass is 235 g/mol. The number of nitrogens with one attached hydrogen (secondary N) is 1. The van der Waals surface area contributed by atoms with Crippen molar-refractivity contribution < 1.29 is 14.6 Å². The number of hydrogen-bond donors (Lipinski definition) is 3. The third kappa shape index (κ3) is 2.49. The molecule has 1 aromatic carbocycles. The molecule has 3 N–H and O–H groups in total. The Morgan fingerprint density at radius 2 is 1.94 bits per heavy atom. The van der Waals surface area contributed by atoms with Gasteiger partial charge in [0.15, 0.2) is 0 Å². The van der Waals surface area contributed by atoms with Gasteiger partial charge in [-0.3, -0.25) is 0 Å². The second kappa shape index (κ2) is 4.87. The lowest BCUT2D eigenvalue weighted by Gasteiger charge is -2.26. The fourth-order valence-corrected chi connectivity index (χ4v) is 1.64. The fourth-order valence-electron chi connectivity index (χ4n) is 1.64. The van der Waals surface area contributed by atoms with E-state index in [4.69, 9.17) is 4.42 Å². The van der Waals surface area contributed by atoms with Gasteiger partial charge in [-0.1, -0.05) is 18.2 Å². The van der Waals surface area contributed by atoms with E-state index in [0.717, 1.165) is 16.5 Å². The average Bonchev–Trinajstić information content (AvgIpc) is 2.79. The van der Waals surface area contributed by atoms with Crippen LogP contribution in [0.15, 0.2) is 34.9 Å². The molecule has 0 atom stereocenters. The van der Waals surface area contributed by atoms with Crippen LogP contribution in [-0.2, 0) is 6.54 Å². The SMILES string of the molecule is CC(CO)(CO)NCc1coc2ccccc12. The van der Waals surface area contributed by atoms with Gasteiger partial charge in [0.2, 0.25) is 0 Å². The number of fused-ring (bicyclic) bond motifs is 1. The molecule has 0 amide bonds. The van der Waals surface area contributed by atoms with E-state index in [1.54, 1.807) is 13.2 Å². The number of benzene rings is 1. The van der Waals surface area contributed by atoms with Gasteiger partial charge < -0.3 is 19.9 Å². The van der Waals surface area contributed by atoms with Crippen LogP contribution in [0.25, 0.3) is 11.0 Å². The third-order valence-corrected chi connectivity index (χ3v) is 2.96. The molecule has 0 fully saturated rings. The molecule has 0 aliphatic carbocycles. The topological polar surface area (TPSA) is 65.6 Å². The van der Waals surface area contributed by atoms with Crippen LogP contribution >= 0.6 is 0 Å². The van der Waals surface area contributed by atoms with Gasteiger partial charge in [-0.2, -0.15) is 0 Å². The Morgan fingerprint density at radius 1 is 1.24 bits per heavy atom. The molecular formula is C13H17NO3. The van der Waals surface area contributed by atoms with Crippen LogP contribution in [0, 0.1) is 0 Å². The Hall–Kier alpha value is -1.36. The fraction of sp³-hybridized carbons (Fsp3) is 0.385. The van der Waals surface area contributed by atoms with Crippen molar-refractivity contribution in [2.24, 2.45) is 0 Å². The lowest BCUT2D eigenvalue weighted by atomic mass is 10.0. The molecule has 92 valence electrons. The molecule has 4 nitrogen and oxygen atoms in total. The van der Waals surface area contributed by atoms with Crippen molar-refractivity contribution in [2.75, 3.05) is 13.2 Å². The number of hydrogen-bond acceptors (Lipinski definition) is 4. The molecule has 0 bridgehead atoms. The highest BCUT2D eigenvalue weighted by Gasteiger charge is 2.21. The zero-order valence-corrected chi connectivity index (χ0v) is 9.81. The van der Waals surface area contributed by atoms with Crippen molar-refractivity contribution in [2.45, 2.75) is 19.0 Å². The molecule has 0 saturated heterocycles. The van der Waals surface area contributed by atoms with Gasteiger partial charge in [0, 0.05) is 17.5 Å². The maximum atomic E-state index is 9.18. The van der Waals surface area contributed by atoms with E-state index < -0.39 is 5.54 Å². The highest BCUT2D eigenvalue weighted by molar-refractivity contribution is 5.80. The highest BCUT2D eigenvalue weighted by Crippen LogP contribution is 2.20. The van der Waals surface area contributed by atoms with Crippen LogP contribution in [0.4, 0.5) is 0 Å². The lowest BCUT2D eigenvalue weighted by Crippen LogP contribution is -2.48. The summed E-state index contributed by atoms with van der Waals surface area (Å²) < 4.78 is 5.42. The summed E-state index contributed by atoms with van der Waals surface area (Å²) >= 11 is 0. The molecule has 0 saturated carbocycles. The summed E-state index contributed by atoms with van der Waals surface area (Å²) in [4.78, 5) is 0. The van der Waals surface area contributed by atoms with E-state index in [1.807, 2.05) is 24.3 Å². The van der Waals surface area contributed by atoms with E-state index in [2.05, 4.69) is 5.32 Å². The number of para-hydroxylation sites is 1. The Morgan fingerprint density at radius 3 is 2.65 bits per heavy atom. The molecular weight excluding hydrogens is 218 g/mol. The van der Waals surface area contributed by atoms with Gasteiger partial charge in [-0.15, -0.1) is 0 Å². The van der Waals surface area contributed by atoms with E-state index in [0.29, 0.717) is 6.54 Å². The zero-order chi connectivity index (χ0) is 12.3. The summed E-state index contributed by atoms with van der Waals surface area (Å²) in [6.07, 6.45) is 1.70. The third-order valence-electron chi connectivity index (χ3n) is 2.96. The largest absolute Gasteiger partial charge is 0.464 e. The molecule has 2 rings (SSSR count). The zero-order valence-electron chi connectivity index (χ0n) is 9.81. The van der Waals surface area contributed by atoms with Gasteiger partial charge in [0.05, 0.1) is 25.0 Å². The molecule has 0 aliphatic rings. The standard InChI is InChI=1S/C13H17NO3/c1-13(8-15,9-16)14-6-10-7-17-12-5-3-2-4-11(10)12/h2-5,7,14-16H,6,8-9H2,1H3. The van der Waals surface area contributed by atoms with E-state index in [1.165, 1.54) is 0 Å². The van der Waals surface area contributed by atoms with Crippen molar-refractivity contribution in [3.8, 4) is 0 Å². The Labute approximate surface area is 99.9 Å². The maximum Gasteiger partial charge on any atom is 0.134 e. The first-order valence-electron chi connectivity index (χ1n) is 5.60. The summed E-state index contributed by atoms with van der Waals surface area (Å²) in [5.74, 6) is 0. The predicted molar refractivity (Wildman–Crippen MR) is 65.6 cm³/mol. The number of rotatable bonds is 5. The number of aliphatic hydroxyl groups excluding tert-OH is 2. The number of furan rings is 1. The molecule has 4 heteroatoms. The van der Waals surface area contributed by atoms with Crippen LogP contribution in [-0.4, -0.2) is 29.0 Å². The van der Waals surface area contributed by atoms with Crippen LogP contribution in [0.3, 0.4) is 0 Å². The normalized spacial score (nSPS) is 12.2.